The van der Waals surface area contributed by atoms with E-state index in [-0.39, 0.29) is 5.69 Å². The Labute approximate surface area is 120 Å². The summed E-state index contributed by atoms with van der Waals surface area (Å²) in [5.74, 6) is 0. The Morgan fingerprint density at radius 2 is 1.76 bits per heavy atom. The van der Waals surface area contributed by atoms with Gasteiger partial charge in [-0.15, -0.1) is 5.10 Å². The molecule has 0 aliphatic carbocycles. The Hall–Kier alpha value is -3.02. The molecular formula is C15H12N4O2. The summed E-state index contributed by atoms with van der Waals surface area (Å²) in [5, 5.41) is 19.1. The quantitative estimate of drug-likeness (QED) is 0.544. The third kappa shape index (κ3) is 2.79. The van der Waals surface area contributed by atoms with Gasteiger partial charge in [0.1, 0.15) is 5.69 Å². The maximum Gasteiger partial charge on any atom is 0.278 e. The average molecular weight is 280 g/mol. The monoisotopic (exact) mass is 280 g/mol. The third-order valence-corrected chi connectivity index (χ3v) is 3.10. The van der Waals surface area contributed by atoms with Crippen molar-refractivity contribution in [2.75, 3.05) is 0 Å². The van der Waals surface area contributed by atoms with E-state index in [2.05, 4.69) is 10.3 Å². The van der Waals surface area contributed by atoms with E-state index in [1.807, 2.05) is 30.3 Å². The van der Waals surface area contributed by atoms with Crippen molar-refractivity contribution in [2.24, 2.45) is 0 Å². The highest BCUT2D eigenvalue weighted by molar-refractivity contribution is 5.69. The molecular weight excluding hydrogens is 268 g/mol. The lowest BCUT2D eigenvalue weighted by molar-refractivity contribution is -0.384. The van der Waals surface area contributed by atoms with Crippen LogP contribution in [0.25, 0.3) is 11.3 Å². The predicted octanol–water partition coefficient (Wildman–Crippen LogP) is 2.90. The standard InChI is InChI=1S/C15H12N4O2/c20-19(21)15-9-5-4-8-13(15)14-11-18(17-16-14)10-12-6-2-1-3-7-12/h1-9,11H,10H2. The summed E-state index contributed by atoms with van der Waals surface area (Å²) in [4.78, 5) is 10.6. The number of benzene rings is 2. The molecule has 1 aromatic heterocycles. The lowest BCUT2D eigenvalue weighted by Crippen LogP contribution is -1.99. The van der Waals surface area contributed by atoms with Crippen molar-refractivity contribution in [3.05, 3.63) is 76.5 Å². The van der Waals surface area contributed by atoms with Crippen LogP contribution in [0.15, 0.2) is 60.8 Å². The molecule has 0 radical (unpaired) electrons. The molecule has 6 heteroatoms. The summed E-state index contributed by atoms with van der Waals surface area (Å²) in [6.07, 6.45) is 1.72. The van der Waals surface area contributed by atoms with E-state index in [0.29, 0.717) is 17.8 Å². The van der Waals surface area contributed by atoms with E-state index in [1.54, 1.807) is 29.1 Å². The fourth-order valence-corrected chi connectivity index (χ4v) is 2.12. The molecule has 0 aliphatic rings. The molecule has 0 aliphatic heterocycles. The highest BCUT2D eigenvalue weighted by Crippen LogP contribution is 2.27. The average Bonchev–Trinajstić information content (AvgIpc) is 2.96. The first-order chi connectivity index (χ1) is 10.2. The Kier molecular flexibility index (Phi) is 3.42. The SMILES string of the molecule is O=[N+]([O-])c1ccccc1-c1cn(Cc2ccccc2)nn1. The minimum absolute atomic E-state index is 0.0317. The summed E-state index contributed by atoms with van der Waals surface area (Å²) in [6, 6.07) is 16.4. The van der Waals surface area contributed by atoms with Crippen molar-refractivity contribution in [1.82, 2.24) is 15.0 Å². The van der Waals surface area contributed by atoms with E-state index in [9.17, 15) is 10.1 Å². The zero-order valence-corrected chi connectivity index (χ0v) is 11.1. The zero-order valence-electron chi connectivity index (χ0n) is 11.1. The Bertz CT molecular complexity index is 768. The molecule has 3 rings (SSSR count). The van der Waals surface area contributed by atoms with Gasteiger partial charge in [-0.05, 0) is 11.6 Å². The van der Waals surface area contributed by atoms with Crippen molar-refractivity contribution in [3.8, 4) is 11.3 Å². The molecule has 1 heterocycles. The molecule has 2 aromatic carbocycles. The molecule has 3 aromatic rings. The Morgan fingerprint density at radius 3 is 2.52 bits per heavy atom. The zero-order chi connectivity index (χ0) is 14.7. The summed E-state index contributed by atoms with van der Waals surface area (Å²) >= 11 is 0. The molecule has 0 N–H and O–H groups in total. The number of nitrogens with zero attached hydrogens (tertiary/aromatic N) is 4. The molecule has 0 spiro atoms. The second kappa shape index (κ2) is 5.54. The number of para-hydroxylation sites is 1. The normalized spacial score (nSPS) is 10.5. The highest BCUT2D eigenvalue weighted by atomic mass is 16.6. The number of aromatic nitrogens is 3. The molecule has 0 unspecified atom stereocenters. The van der Waals surface area contributed by atoms with Gasteiger partial charge in [0.2, 0.25) is 0 Å². The first-order valence-corrected chi connectivity index (χ1v) is 6.42. The fourth-order valence-electron chi connectivity index (χ4n) is 2.12. The van der Waals surface area contributed by atoms with Gasteiger partial charge in [0.15, 0.2) is 0 Å². The van der Waals surface area contributed by atoms with E-state index in [4.69, 9.17) is 0 Å². The minimum atomic E-state index is -0.411. The van der Waals surface area contributed by atoms with Gasteiger partial charge in [0.05, 0.1) is 23.2 Å². The summed E-state index contributed by atoms with van der Waals surface area (Å²) in [5.41, 5.74) is 2.10. The van der Waals surface area contributed by atoms with E-state index in [0.717, 1.165) is 5.56 Å². The van der Waals surface area contributed by atoms with Crippen LogP contribution in [0.5, 0.6) is 0 Å². The van der Waals surface area contributed by atoms with E-state index < -0.39 is 4.92 Å². The van der Waals surface area contributed by atoms with Gasteiger partial charge in [0, 0.05) is 6.07 Å². The van der Waals surface area contributed by atoms with Gasteiger partial charge in [-0.2, -0.15) is 0 Å². The summed E-state index contributed by atoms with van der Waals surface area (Å²) in [6.45, 7) is 0.578. The van der Waals surface area contributed by atoms with Gasteiger partial charge in [-0.3, -0.25) is 10.1 Å². The number of nitro benzene ring substituents is 1. The second-order valence-corrected chi connectivity index (χ2v) is 4.56. The van der Waals surface area contributed by atoms with Crippen molar-refractivity contribution < 1.29 is 4.92 Å². The van der Waals surface area contributed by atoms with Crippen LogP contribution in [0.3, 0.4) is 0 Å². The van der Waals surface area contributed by atoms with Crippen molar-refractivity contribution >= 4 is 5.69 Å². The molecule has 0 atom stereocenters. The van der Waals surface area contributed by atoms with Crippen molar-refractivity contribution in [3.63, 3.8) is 0 Å². The number of hydrogen-bond donors (Lipinski definition) is 0. The smallest absolute Gasteiger partial charge is 0.258 e. The predicted molar refractivity (Wildman–Crippen MR) is 77.7 cm³/mol. The first-order valence-electron chi connectivity index (χ1n) is 6.42. The number of nitro groups is 1. The van der Waals surface area contributed by atoms with E-state index >= 15 is 0 Å². The third-order valence-electron chi connectivity index (χ3n) is 3.10. The Balaban J connectivity index is 1.90. The fraction of sp³-hybridized carbons (Fsp3) is 0.0667. The molecule has 104 valence electrons. The Morgan fingerprint density at radius 1 is 1.05 bits per heavy atom. The lowest BCUT2D eigenvalue weighted by Gasteiger charge is -2.00. The van der Waals surface area contributed by atoms with Crippen LogP contribution in [-0.4, -0.2) is 19.9 Å². The first kappa shape index (κ1) is 13.0. The number of rotatable bonds is 4. The van der Waals surface area contributed by atoms with Crippen LogP contribution in [0.2, 0.25) is 0 Å². The highest BCUT2D eigenvalue weighted by Gasteiger charge is 2.16. The molecule has 21 heavy (non-hydrogen) atoms. The van der Waals surface area contributed by atoms with Gasteiger partial charge in [-0.1, -0.05) is 47.7 Å². The molecule has 0 saturated carbocycles. The van der Waals surface area contributed by atoms with Crippen molar-refractivity contribution in [1.29, 1.82) is 0 Å². The summed E-state index contributed by atoms with van der Waals surface area (Å²) < 4.78 is 1.67. The maximum absolute atomic E-state index is 11.0. The van der Waals surface area contributed by atoms with Gasteiger partial charge in [0.25, 0.3) is 5.69 Å². The largest absolute Gasteiger partial charge is 0.278 e. The molecule has 0 amide bonds. The molecule has 0 saturated heterocycles. The van der Waals surface area contributed by atoms with Gasteiger partial charge >= 0.3 is 0 Å². The molecule has 0 bridgehead atoms. The van der Waals surface area contributed by atoms with Crippen LogP contribution in [0.4, 0.5) is 5.69 Å². The van der Waals surface area contributed by atoms with Gasteiger partial charge < -0.3 is 0 Å². The van der Waals surface area contributed by atoms with Gasteiger partial charge in [-0.25, -0.2) is 4.68 Å². The minimum Gasteiger partial charge on any atom is -0.258 e. The van der Waals surface area contributed by atoms with E-state index in [1.165, 1.54) is 6.07 Å². The topological polar surface area (TPSA) is 73.8 Å². The van der Waals surface area contributed by atoms with Crippen LogP contribution in [-0.2, 0) is 6.54 Å². The second-order valence-electron chi connectivity index (χ2n) is 4.56. The van der Waals surface area contributed by atoms with Crippen molar-refractivity contribution in [2.45, 2.75) is 6.54 Å². The molecule has 6 nitrogen and oxygen atoms in total. The number of hydrogen-bond acceptors (Lipinski definition) is 4. The van der Waals surface area contributed by atoms with Crippen LogP contribution < -0.4 is 0 Å². The van der Waals surface area contributed by atoms with Crippen LogP contribution in [0.1, 0.15) is 5.56 Å². The summed E-state index contributed by atoms with van der Waals surface area (Å²) in [7, 11) is 0. The van der Waals surface area contributed by atoms with Crippen LogP contribution in [0, 0.1) is 10.1 Å². The maximum atomic E-state index is 11.0. The lowest BCUT2D eigenvalue weighted by atomic mass is 10.1. The van der Waals surface area contributed by atoms with Crippen LogP contribution >= 0.6 is 0 Å². The molecule has 0 fully saturated rings.